The molecule has 0 unspecified atom stereocenters. The molecule has 0 spiro atoms. The van der Waals surface area contributed by atoms with Gasteiger partial charge in [0.1, 0.15) is 5.76 Å². The maximum atomic E-state index is 12.8. The van der Waals surface area contributed by atoms with Crippen LogP contribution in [0.3, 0.4) is 0 Å². The van der Waals surface area contributed by atoms with Crippen LogP contribution in [0.25, 0.3) is 0 Å². The molecule has 4 atom stereocenters. The summed E-state index contributed by atoms with van der Waals surface area (Å²) in [5.41, 5.74) is 3.70. The molecule has 2 aliphatic carbocycles. The molecule has 0 aliphatic heterocycles. The third-order valence-corrected chi connectivity index (χ3v) is 8.93. The standard InChI is InChI=1S/C30H41NO3/c1-22-11-14-27-29(2,17-8-18-30(27,3)28(32)33-4)25(22)13-12-24-16-20-34-26(24)21-31-19-15-23-9-6-5-7-10-23/h5-7,9-10,16,20,25,27,31H,1,8,11-15,17-19,21H2,2-4H3/t25-,27+,29+,30+/m0/s1. The number of carbonyl (C=O) groups is 1. The Morgan fingerprint density at radius 3 is 2.74 bits per heavy atom. The summed E-state index contributed by atoms with van der Waals surface area (Å²) in [7, 11) is 1.53. The van der Waals surface area contributed by atoms with Crippen molar-refractivity contribution in [2.45, 2.75) is 71.8 Å². The first-order valence-electron chi connectivity index (χ1n) is 12.9. The summed E-state index contributed by atoms with van der Waals surface area (Å²) in [4.78, 5) is 12.8. The van der Waals surface area contributed by atoms with E-state index in [2.05, 4.69) is 62.1 Å². The fourth-order valence-corrected chi connectivity index (χ4v) is 7.08. The molecule has 0 amide bonds. The van der Waals surface area contributed by atoms with Crippen molar-refractivity contribution in [2.24, 2.45) is 22.7 Å². The average molecular weight is 464 g/mol. The fraction of sp³-hybridized carbons (Fsp3) is 0.567. The SMILES string of the molecule is C=C1CC[C@@H]2[C@](C)(CCC[C@@]2(C)C(=O)OC)[C@H]1CCc1ccoc1CNCCc1ccccc1. The van der Waals surface area contributed by atoms with Crippen molar-refractivity contribution in [3.05, 3.63) is 71.7 Å². The molecule has 4 rings (SSSR count). The Bertz CT molecular complexity index is 980. The molecule has 2 aromatic rings. The molecule has 2 aliphatic rings. The average Bonchev–Trinajstić information content (AvgIpc) is 3.28. The van der Waals surface area contributed by atoms with E-state index in [0.717, 1.165) is 70.2 Å². The monoisotopic (exact) mass is 463 g/mol. The van der Waals surface area contributed by atoms with Gasteiger partial charge in [0.25, 0.3) is 0 Å². The third-order valence-electron chi connectivity index (χ3n) is 8.93. The van der Waals surface area contributed by atoms with Crippen LogP contribution >= 0.6 is 0 Å². The molecule has 0 bridgehead atoms. The van der Waals surface area contributed by atoms with E-state index in [4.69, 9.17) is 9.15 Å². The topological polar surface area (TPSA) is 51.5 Å². The van der Waals surface area contributed by atoms with E-state index < -0.39 is 0 Å². The number of benzene rings is 1. The summed E-state index contributed by atoms with van der Waals surface area (Å²) in [6, 6.07) is 12.7. The van der Waals surface area contributed by atoms with Crippen molar-refractivity contribution in [2.75, 3.05) is 13.7 Å². The van der Waals surface area contributed by atoms with Gasteiger partial charge in [0.15, 0.2) is 0 Å². The van der Waals surface area contributed by atoms with Gasteiger partial charge in [0, 0.05) is 0 Å². The summed E-state index contributed by atoms with van der Waals surface area (Å²) in [5, 5.41) is 3.54. The molecule has 2 fully saturated rings. The molecule has 4 nitrogen and oxygen atoms in total. The number of hydrogen-bond donors (Lipinski definition) is 1. The Balaban J connectivity index is 1.39. The molecule has 0 saturated heterocycles. The van der Waals surface area contributed by atoms with Crippen LogP contribution in [0.5, 0.6) is 0 Å². The number of ether oxygens (including phenoxy) is 1. The first-order chi connectivity index (χ1) is 16.4. The van der Waals surface area contributed by atoms with Crippen LogP contribution in [0.15, 0.2) is 59.2 Å². The maximum absolute atomic E-state index is 12.8. The Labute approximate surface area is 205 Å². The number of carbonyl (C=O) groups excluding carboxylic acids is 1. The highest BCUT2D eigenvalue weighted by Gasteiger charge is 2.57. The van der Waals surface area contributed by atoms with Crippen LogP contribution in [-0.2, 0) is 28.9 Å². The van der Waals surface area contributed by atoms with Gasteiger partial charge < -0.3 is 14.5 Å². The van der Waals surface area contributed by atoms with Crippen molar-refractivity contribution < 1.29 is 13.9 Å². The van der Waals surface area contributed by atoms with Gasteiger partial charge in [-0.25, -0.2) is 0 Å². The summed E-state index contributed by atoms with van der Waals surface area (Å²) in [6.45, 7) is 10.7. The van der Waals surface area contributed by atoms with Gasteiger partial charge >= 0.3 is 5.97 Å². The second-order valence-corrected chi connectivity index (χ2v) is 10.9. The lowest BCUT2D eigenvalue weighted by molar-refractivity contribution is -0.168. The van der Waals surface area contributed by atoms with Crippen LogP contribution in [0.4, 0.5) is 0 Å². The van der Waals surface area contributed by atoms with Crippen molar-refractivity contribution in [1.82, 2.24) is 5.32 Å². The van der Waals surface area contributed by atoms with Crippen LogP contribution in [0.1, 0.15) is 69.3 Å². The van der Waals surface area contributed by atoms with Crippen LogP contribution < -0.4 is 5.32 Å². The second-order valence-electron chi connectivity index (χ2n) is 10.9. The molecule has 0 radical (unpaired) electrons. The Kier molecular flexibility index (Phi) is 7.67. The molecule has 1 aromatic heterocycles. The van der Waals surface area contributed by atoms with E-state index in [-0.39, 0.29) is 16.8 Å². The summed E-state index contributed by atoms with van der Waals surface area (Å²) >= 11 is 0. The first-order valence-corrected chi connectivity index (χ1v) is 12.9. The minimum atomic E-state index is -0.385. The number of aryl methyl sites for hydroxylation is 1. The Morgan fingerprint density at radius 2 is 1.97 bits per heavy atom. The predicted molar refractivity (Wildman–Crippen MR) is 136 cm³/mol. The number of furan rings is 1. The summed E-state index contributed by atoms with van der Waals surface area (Å²) in [5.74, 6) is 1.78. The summed E-state index contributed by atoms with van der Waals surface area (Å²) in [6.07, 6.45) is 10.1. The van der Waals surface area contributed by atoms with Crippen molar-refractivity contribution in [3.8, 4) is 0 Å². The van der Waals surface area contributed by atoms with Gasteiger partial charge in [0.2, 0.25) is 0 Å². The highest BCUT2D eigenvalue weighted by atomic mass is 16.5. The van der Waals surface area contributed by atoms with E-state index in [1.165, 1.54) is 23.8 Å². The molecule has 4 heteroatoms. The van der Waals surface area contributed by atoms with Crippen molar-refractivity contribution in [3.63, 3.8) is 0 Å². The lowest BCUT2D eigenvalue weighted by atomic mass is 9.46. The smallest absolute Gasteiger partial charge is 0.311 e. The molecule has 1 aromatic carbocycles. The van der Waals surface area contributed by atoms with E-state index in [1.807, 2.05) is 6.26 Å². The largest absolute Gasteiger partial charge is 0.469 e. The third kappa shape index (κ3) is 4.88. The van der Waals surface area contributed by atoms with Gasteiger partial charge in [-0.1, -0.05) is 55.8 Å². The number of fused-ring (bicyclic) bond motifs is 1. The zero-order valence-electron chi connectivity index (χ0n) is 21.2. The minimum Gasteiger partial charge on any atom is -0.469 e. The molecule has 2 saturated carbocycles. The predicted octanol–water partition coefficient (Wildman–Crippen LogP) is 6.50. The molecule has 1 heterocycles. The van der Waals surface area contributed by atoms with Gasteiger partial charge in [-0.3, -0.25) is 4.79 Å². The number of rotatable bonds is 9. The van der Waals surface area contributed by atoms with Crippen molar-refractivity contribution >= 4 is 5.97 Å². The second kappa shape index (κ2) is 10.5. The van der Waals surface area contributed by atoms with Crippen LogP contribution in [0.2, 0.25) is 0 Å². The summed E-state index contributed by atoms with van der Waals surface area (Å²) < 4.78 is 11.1. The van der Waals surface area contributed by atoms with E-state index in [0.29, 0.717) is 11.8 Å². The maximum Gasteiger partial charge on any atom is 0.311 e. The highest BCUT2D eigenvalue weighted by molar-refractivity contribution is 5.77. The van der Waals surface area contributed by atoms with E-state index in [1.54, 1.807) is 0 Å². The molecule has 184 valence electrons. The zero-order chi connectivity index (χ0) is 24.2. The Morgan fingerprint density at radius 1 is 1.18 bits per heavy atom. The van der Waals surface area contributed by atoms with Gasteiger partial charge in [-0.2, -0.15) is 0 Å². The molecular formula is C30H41NO3. The fourth-order valence-electron chi connectivity index (χ4n) is 7.08. The van der Waals surface area contributed by atoms with Crippen LogP contribution in [0, 0.1) is 22.7 Å². The number of hydrogen-bond acceptors (Lipinski definition) is 4. The number of allylic oxidation sites excluding steroid dienone is 1. The highest BCUT2D eigenvalue weighted by Crippen LogP contribution is 2.62. The lowest BCUT2D eigenvalue weighted by Gasteiger charge is -2.57. The molecular weight excluding hydrogens is 422 g/mol. The molecule has 1 N–H and O–H groups in total. The molecule has 34 heavy (non-hydrogen) atoms. The number of methoxy groups -OCH3 is 1. The van der Waals surface area contributed by atoms with Gasteiger partial charge in [0.05, 0.1) is 25.3 Å². The van der Waals surface area contributed by atoms with Crippen LogP contribution in [-0.4, -0.2) is 19.6 Å². The normalized spacial score (nSPS) is 29.0. The van der Waals surface area contributed by atoms with Gasteiger partial charge in [-0.15, -0.1) is 0 Å². The lowest BCUT2D eigenvalue weighted by Crippen LogP contribution is -2.53. The number of esters is 1. The Hall–Kier alpha value is -2.33. The minimum absolute atomic E-state index is 0.0339. The van der Waals surface area contributed by atoms with E-state index >= 15 is 0 Å². The quantitative estimate of drug-likeness (QED) is 0.262. The van der Waals surface area contributed by atoms with Crippen molar-refractivity contribution in [1.29, 1.82) is 0 Å². The van der Waals surface area contributed by atoms with E-state index in [9.17, 15) is 4.79 Å². The first kappa shape index (κ1) is 24.8. The van der Waals surface area contributed by atoms with Gasteiger partial charge in [-0.05, 0) is 92.9 Å². The zero-order valence-corrected chi connectivity index (χ0v) is 21.2. The number of nitrogens with one attached hydrogen (secondary N) is 1.